The Morgan fingerprint density at radius 2 is 1.17 bits per heavy atom. The van der Waals surface area contributed by atoms with E-state index < -0.39 is 29.9 Å². The highest BCUT2D eigenvalue weighted by molar-refractivity contribution is 5.88. The van der Waals surface area contributed by atoms with Gasteiger partial charge in [0.2, 0.25) is 0 Å². The fourth-order valence-corrected chi connectivity index (χ4v) is 3.44. The molecule has 3 rings (SSSR count). The highest BCUT2D eigenvalue weighted by Gasteiger charge is 2.34. The van der Waals surface area contributed by atoms with Crippen molar-refractivity contribution in [1.82, 2.24) is 5.32 Å². The van der Waals surface area contributed by atoms with Gasteiger partial charge in [-0.3, -0.25) is 4.79 Å². The van der Waals surface area contributed by atoms with Crippen LogP contribution in [0.2, 0.25) is 0 Å². The summed E-state index contributed by atoms with van der Waals surface area (Å²) in [4.78, 5) is 25.2. The third-order valence-corrected chi connectivity index (χ3v) is 4.79. The van der Waals surface area contributed by atoms with Gasteiger partial charge in [0.25, 0.3) is 5.91 Å². The van der Waals surface area contributed by atoms with Gasteiger partial charge in [-0.25, -0.2) is 4.79 Å². The Hall–Kier alpha value is -3.44. The molecule has 148 valence electrons. The van der Waals surface area contributed by atoms with E-state index in [4.69, 9.17) is 4.74 Å². The molecule has 0 radical (unpaired) electrons. The van der Waals surface area contributed by atoms with Crippen LogP contribution in [-0.4, -0.2) is 30.1 Å². The predicted octanol–water partition coefficient (Wildman–Crippen LogP) is 3.78. The van der Waals surface area contributed by atoms with E-state index in [9.17, 15) is 14.7 Å². The second-order valence-electron chi connectivity index (χ2n) is 6.65. The van der Waals surface area contributed by atoms with Crippen LogP contribution >= 0.6 is 0 Å². The van der Waals surface area contributed by atoms with Crippen molar-refractivity contribution in [1.29, 1.82) is 0 Å². The number of carboxylic acids is 1. The summed E-state index contributed by atoms with van der Waals surface area (Å²) in [7, 11) is 1.43. The van der Waals surface area contributed by atoms with Crippen LogP contribution in [0, 0.1) is 0 Å². The maximum atomic E-state index is 13.0. The molecule has 5 heteroatoms. The van der Waals surface area contributed by atoms with E-state index in [0.717, 1.165) is 11.1 Å². The number of carbonyl (C=O) groups excluding carboxylic acids is 1. The lowest BCUT2D eigenvalue weighted by Crippen LogP contribution is -2.47. The summed E-state index contributed by atoms with van der Waals surface area (Å²) in [5.41, 5.74) is 2.27. The quantitative estimate of drug-likeness (QED) is 0.615. The summed E-state index contributed by atoms with van der Waals surface area (Å²) in [5, 5.41) is 12.7. The number of amides is 1. The number of aliphatic carboxylic acids is 1. The minimum Gasteiger partial charge on any atom is -0.480 e. The van der Waals surface area contributed by atoms with Crippen molar-refractivity contribution in [2.24, 2.45) is 0 Å². The van der Waals surface area contributed by atoms with Crippen molar-refractivity contribution in [3.63, 3.8) is 0 Å². The Morgan fingerprint density at radius 3 is 1.55 bits per heavy atom. The Kier molecular flexibility index (Phi) is 6.76. The van der Waals surface area contributed by atoms with E-state index in [2.05, 4.69) is 5.32 Å². The van der Waals surface area contributed by atoms with Gasteiger partial charge < -0.3 is 15.2 Å². The van der Waals surface area contributed by atoms with E-state index in [-0.39, 0.29) is 0 Å². The van der Waals surface area contributed by atoms with Gasteiger partial charge in [0.05, 0.1) is 0 Å². The topological polar surface area (TPSA) is 75.6 Å². The van der Waals surface area contributed by atoms with Crippen molar-refractivity contribution >= 4 is 11.9 Å². The van der Waals surface area contributed by atoms with Crippen molar-refractivity contribution in [3.8, 4) is 0 Å². The number of carbonyl (C=O) groups is 2. The van der Waals surface area contributed by atoms with Crippen molar-refractivity contribution in [3.05, 3.63) is 108 Å². The lowest BCUT2D eigenvalue weighted by molar-refractivity contribution is -0.144. The van der Waals surface area contributed by atoms with Gasteiger partial charge in [-0.15, -0.1) is 0 Å². The summed E-state index contributed by atoms with van der Waals surface area (Å²) < 4.78 is 5.36. The second-order valence-corrected chi connectivity index (χ2v) is 6.65. The van der Waals surface area contributed by atoms with E-state index >= 15 is 0 Å². The lowest BCUT2D eigenvalue weighted by atomic mass is 9.84. The molecule has 0 aliphatic carbocycles. The van der Waals surface area contributed by atoms with Crippen LogP contribution in [0.1, 0.15) is 28.7 Å². The summed E-state index contributed by atoms with van der Waals surface area (Å²) in [5.74, 6) is -2.16. The Labute approximate surface area is 170 Å². The maximum absolute atomic E-state index is 13.0. The van der Waals surface area contributed by atoms with Crippen LogP contribution < -0.4 is 5.32 Å². The highest BCUT2D eigenvalue weighted by atomic mass is 16.5. The molecule has 0 fully saturated rings. The first-order valence-electron chi connectivity index (χ1n) is 9.32. The van der Waals surface area contributed by atoms with Crippen LogP contribution in [0.25, 0.3) is 0 Å². The molecule has 5 nitrogen and oxygen atoms in total. The molecule has 0 aliphatic rings. The van der Waals surface area contributed by atoms with Gasteiger partial charge in [-0.1, -0.05) is 91.0 Å². The summed E-state index contributed by atoms with van der Waals surface area (Å²) in [6, 6.07) is 26.5. The number of rotatable bonds is 8. The van der Waals surface area contributed by atoms with Crippen LogP contribution in [0.3, 0.4) is 0 Å². The lowest BCUT2D eigenvalue weighted by Gasteiger charge is -2.27. The van der Waals surface area contributed by atoms with E-state index in [0.29, 0.717) is 5.56 Å². The monoisotopic (exact) mass is 389 g/mol. The van der Waals surface area contributed by atoms with Crippen molar-refractivity contribution in [2.75, 3.05) is 7.11 Å². The molecule has 0 saturated carbocycles. The average Bonchev–Trinajstić information content (AvgIpc) is 2.76. The minimum absolute atomic E-state index is 0.497. The minimum atomic E-state index is -1.16. The van der Waals surface area contributed by atoms with E-state index in [1.165, 1.54) is 7.11 Å². The summed E-state index contributed by atoms with van der Waals surface area (Å²) in [6.07, 6.45) is -0.898. The molecule has 1 amide bonds. The van der Waals surface area contributed by atoms with Gasteiger partial charge in [0.15, 0.2) is 6.10 Å². The maximum Gasteiger partial charge on any atom is 0.327 e. The van der Waals surface area contributed by atoms with Crippen LogP contribution in [0.15, 0.2) is 91.0 Å². The molecule has 3 aromatic rings. The fourth-order valence-electron chi connectivity index (χ4n) is 3.44. The smallest absolute Gasteiger partial charge is 0.327 e. The summed E-state index contributed by atoms with van der Waals surface area (Å²) in [6.45, 7) is 0. The molecule has 0 heterocycles. The Bertz CT molecular complexity index is 889. The number of ether oxygens (including phenoxy) is 1. The molecule has 29 heavy (non-hydrogen) atoms. The molecule has 0 bridgehead atoms. The fraction of sp³-hybridized carbons (Fsp3) is 0.167. The number of benzene rings is 3. The first kappa shape index (κ1) is 20.3. The molecule has 0 aliphatic heterocycles. The molecule has 0 spiro atoms. The molecule has 2 N–H and O–H groups in total. The van der Waals surface area contributed by atoms with Crippen molar-refractivity contribution < 1.29 is 19.4 Å². The molecule has 3 aromatic carbocycles. The molecular formula is C24H23NO4. The zero-order valence-electron chi connectivity index (χ0n) is 16.1. The zero-order chi connectivity index (χ0) is 20.6. The highest BCUT2D eigenvalue weighted by Crippen LogP contribution is 2.29. The molecule has 0 aromatic heterocycles. The second kappa shape index (κ2) is 9.66. The number of hydrogen-bond donors (Lipinski definition) is 2. The molecule has 0 unspecified atom stereocenters. The first-order chi connectivity index (χ1) is 14.1. The first-order valence-corrected chi connectivity index (χ1v) is 9.32. The van der Waals surface area contributed by atoms with E-state index in [1.54, 1.807) is 24.3 Å². The van der Waals surface area contributed by atoms with Crippen LogP contribution in [-0.2, 0) is 14.3 Å². The molecule has 2 atom stereocenters. The number of methoxy groups -OCH3 is 1. The summed E-state index contributed by atoms with van der Waals surface area (Å²) >= 11 is 0. The van der Waals surface area contributed by atoms with Gasteiger partial charge in [0.1, 0.15) is 6.04 Å². The average molecular weight is 389 g/mol. The molecular weight excluding hydrogens is 366 g/mol. The SMILES string of the molecule is CO[C@@H](C(=O)N[C@H](C(=O)O)C(c1ccccc1)c1ccccc1)c1ccccc1. The molecule has 0 saturated heterocycles. The van der Waals surface area contributed by atoms with Crippen molar-refractivity contribution in [2.45, 2.75) is 18.1 Å². The van der Waals surface area contributed by atoms with Crippen LogP contribution in [0.4, 0.5) is 0 Å². The van der Waals surface area contributed by atoms with Crippen LogP contribution in [0.5, 0.6) is 0 Å². The van der Waals surface area contributed by atoms with Gasteiger partial charge in [-0.2, -0.15) is 0 Å². The Morgan fingerprint density at radius 1 is 0.759 bits per heavy atom. The normalized spacial score (nSPS) is 12.9. The van der Waals surface area contributed by atoms with Gasteiger partial charge in [0, 0.05) is 13.0 Å². The Balaban J connectivity index is 1.95. The standard InChI is InChI=1S/C24H23NO4/c1-29-22(19-15-9-4-10-16-19)23(26)25-21(24(27)28)20(17-11-5-2-6-12-17)18-13-7-3-8-14-18/h2-16,20-22H,1H3,(H,25,26)(H,27,28)/t21-,22+/m0/s1. The third-order valence-electron chi connectivity index (χ3n) is 4.79. The third kappa shape index (κ3) is 4.89. The number of carboxylic acid groups (broad SMARTS) is 1. The van der Waals surface area contributed by atoms with Gasteiger partial charge in [-0.05, 0) is 16.7 Å². The number of nitrogens with one attached hydrogen (secondary N) is 1. The largest absolute Gasteiger partial charge is 0.480 e. The number of hydrogen-bond acceptors (Lipinski definition) is 3. The van der Waals surface area contributed by atoms with Gasteiger partial charge >= 0.3 is 5.97 Å². The zero-order valence-corrected chi connectivity index (χ0v) is 16.1. The van der Waals surface area contributed by atoms with E-state index in [1.807, 2.05) is 66.7 Å². The predicted molar refractivity (Wildman–Crippen MR) is 110 cm³/mol.